The zero-order chi connectivity index (χ0) is 16.4. The Hall–Kier alpha value is -2.25. The standard InChI is InChI=1S/C13H16N2S.C2H2O4/c1-11-15-13(10-16-11)9-14-8-7-12-5-3-2-4-6-12;3-1(4)2(5)6/h2-6,10,14H,7-9H2,1H3;(H,3,4)(H,5,6). The number of aryl methyl sites for hydroxylation is 1. The second kappa shape index (κ2) is 9.64. The predicted molar refractivity (Wildman–Crippen MR) is 84.0 cm³/mol. The molecule has 0 spiro atoms. The van der Waals surface area contributed by atoms with Gasteiger partial charge in [0.25, 0.3) is 0 Å². The fourth-order valence-electron chi connectivity index (χ4n) is 1.58. The Labute approximate surface area is 132 Å². The number of hydrogen-bond donors (Lipinski definition) is 3. The highest BCUT2D eigenvalue weighted by Gasteiger charge is 2.04. The Bertz CT molecular complexity index is 587. The number of thiazole rings is 1. The molecule has 0 amide bonds. The van der Waals surface area contributed by atoms with Crippen molar-refractivity contribution in [1.29, 1.82) is 0 Å². The zero-order valence-corrected chi connectivity index (χ0v) is 13.0. The van der Waals surface area contributed by atoms with Crippen LogP contribution in [0, 0.1) is 6.92 Å². The van der Waals surface area contributed by atoms with Crippen molar-refractivity contribution in [2.24, 2.45) is 0 Å². The van der Waals surface area contributed by atoms with E-state index in [-0.39, 0.29) is 0 Å². The number of benzene rings is 1. The molecule has 7 heteroatoms. The van der Waals surface area contributed by atoms with Gasteiger partial charge in [0, 0.05) is 11.9 Å². The summed E-state index contributed by atoms with van der Waals surface area (Å²) in [5.41, 5.74) is 2.53. The minimum Gasteiger partial charge on any atom is -0.473 e. The first-order valence-corrected chi connectivity index (χ1v) is 7.49. The van der Waals surface area contributed by atoms with E-state index in [1.165, 1.54) is 5.56 Å². The second-order valence-corrected chi connectivity index (χ2v) is 5.44. The summed E-state index contributed by atoms with van der Waals surface area (Å²) >= 11 is 1.71. The summed E-state index contributed by atoms with van der Waals surface area (Å²) in [6.45, 7) is 3.91. The molecule has 0 fully saturated rings. The van der Waals surface area contributed by atoms with Crippen molar-refractivity contribution in [3.05, 3.63) is 52.0 Å². The van der Waals surface area contributed by atoms with Crippen LogP contribution in [0.15, 0.2) is 35.7 Å². The fourth-order valence-corrected chi connectivity index (χ4v) is 2.20. The maximum atomic E-state index is 9.10. The Morgan fingerprint density at radius 1 is 1.18 bits per heavy atom. The molecule has 3 N–H and O–H groups in total. The second-order valence-electron chi connectivity index (χ2n) is 4.38. The first-order chi connectivity index (χ1) is 10.5. The normalized spacial score (nSPS) is 9.68. The van der Waals surface area contributed by atoms with Gasteiger partial charge in [0.2, 0.25) is 0 Å². The highest BCUT2D eigenvalue weighted by molar-refractivity contribution is 7.09. The minimum atomic E-state index is -1.82. The third-order valence-corrected chi connectivity index (χ3v) is 3.41. The predicted octanol–water partition coefficient (Wildman–Crippen LogP) is 1.94. The minimum absolute atomic E-state index is 0.872. The van der Waals surface area contributed by atoms with Gasteiger partial charge in [-0.1, -0.05) is 30.3 Å². The summed E-state index contributed by atoms with van der Waals surface area (Å²) in [7, 11) is 0. The molecule has 0 aliphatic carbocycles. The summed E-state index contributed by atoms with van der Waals surface area (Å²) in [4.78, 5) is 22.6. The smallest absolute Gasteiger partial charge is 0.414 e. The molecule has 0 aliphatic heterocycles. The summed E-state index contributed by atoms with van der Waals surface area (Å²) in [6, 6.07) is 10.5. The summed E-state index contributed by atoms with van der Waals surface area (Å²) < 4.78 is 0. The number of nitrogens with zero attached hydrogens (tertiary/aromatic N) is 1. The van der Waals surface area contributed by atoms with Crippen molar-refractivity contribution >= 4 is 23.3 Å². The van der Waals surface area contributed by atoms with E-state index in [9.17, 15) is 0 Å². The molecule has 0 saturated heterocycles. The average molecular weight is 322 g/mol. The molecule has 6 nitrogen and oxygen atoms in total. The molecule has 0 unspecified atom stereocenters. The fraction of sp³-hybridized carbons (Fsp3) is 0.267. The molecular formula is C15H18N2O4S. The zero-order valence-electron chi connectivity index (χ0n) is 12.2. The van der Waals surface area contributed by atoms with Gasteiger partial charge in [-0.3, -0.25) is 0 Å². The molecule has 118 valence electrons. The highest BCUT2D eigenvalue weighted by atomic mass is 32.1. The van der Waals surface area contributed by atoms with E-state index < -0.39 is 11.9 Å². The number of aliphatic carboxylic acids is 2. The number of carbonyl (C=O) groups is 2. The molecule has 22 heavy (non-hydrogen) atoms. The van der Waals surface area contributed by atoms with Crippen LogP contribution in [0.25, 0.3) is 0 Å². The maximum Gasteiger partial charge on any atom is 0.414 e. The van der Waals surface area contributed by atoms with Gasteiger partial charge >= 0.3 is 11.9 Å². The summed E-state index contributed by atoms with van der Waals surface area (Å²) in [5.74, 6) is -3.65. The maximum absolute atomic E-state index is 9.10. The lowest BCUT2D eigenvalue weighted by atomic mass is 10.1. The molecule has 0 radical (unpaired) electrons. The van der Waals surface area contributed by atoms with Crippen LogP contribution in [0.1, 0.15) is 16.3 Å². The topological polar surface area (TPSA) is 99.5 Å². The van der Waals surface area contributed by atoms with Crippen molar-refractivity contribution in [2.75, 3.05) is 6.54 Å². The molecule has 2 rings (SSSR count). The van der Waals surface area contributed by atoms with E-state index in [1.807, 2.05) is 6.92 Å². The summed E-state index contributed by atoms with van der Waals surface area (Å²) in [5, 5.41) is 21.4. The third kappa shape index (κ3) is 7.51. The van der Waals surface area contributed by atoms with Gasteiger partial charge in [-0.15, -0.1) is 11.3 Å². The van der Waals surface area contributed by atoms with Gasteiger partial charge in [0.05, 0.1) is 10.7 Å². The number of rotatable bonds is 5. The van der Waals surface area contributed by atoms with E-state index in [0.29, 0.717) is 0 Å². The number of hydrogen-bond acceptors (Lipinski definition) is 5. The number of carboxylic acids is 2. The van der Waals surface area contributed by atoms with Crippen LogP contribution >= 0.6 is 11.3 Å². The van der Waals surface area contributed by atoms with Crippen LogP contribution < -0.4 is 5.32 Å². The van der Waals surface area contributed by atoms with E-state index in [0.717, 1.165) is 30.2 Å². The molecule has 1 aromatic heterocycles. The van der Waals surface area contributed by atoms with Crippen molar-refractivity contribution in [3.8, 4) is 0 Å². The van der Waals surface area contributed by atoms with Crippen LogP contribution in [-0.4, -0.2) is 33.7 Å². The Balaban J connectivity index is 0.000000346. The van der Waals surface area contributed by atoms with E-state index >= 15 is 0 Å². The lowest BCUT2D eigenvalue weighted by Gasteiger charge is -2.02. The van der Waals surface area contributed by atoms with Gasteiger partial charge in [-0.25, -0.2) is 14.6 Å². The average Bonchev–Trinajstić information content (AvgIpc) is 2.91. The van der Waals surface area contributed by atoms with Gasteiger partial charge in [-0.05, 0) is 25.5 Å². The van der Waals surface area contributed by atoms with Crippen LogP contribution in [0.4, 0.5) is 0 Å². The van der Waals surface area contributed by atoms with E-state index in [2.05, 4.69) is 46.0 Å². The highest BCUT2D eigenvalue weighted by Crippen LogP contribution is 2.07. The Morgan fingerprint density at radius 2 is 1.82 bits per heavy atom. The first kappa shape index (κ1) is 17.8. The SMILES string of the molecule is Cc1nc(CNCCc2ccccc2)cs1.O=C(O)C(=O)O. The van der Waals surface area contributed by atoms with E-state index in [4.69, 9.17) is 19.8 Å². The van der Waals surface area contributed by atoms with E-state index in [1.54, 1.807) is 11.3 Å². The molecule has 1 aromatic carbocycles. The summed E-state index contributed by atoms with van der Waals surface area (Å²) in [6.07, 6.45) is 1.07. The Morgan fingerprint density at radius 3 is 2.32 bits per heavy atom. The third-order valence-electron chi connectivity index (χ3n) is 2.59. The molecule has 2 aromatic rings. The first-order valence-electron chi connectivity index (χ1n) is 6.61. The van der Waals surface area contributed by atoms with Gasteiger partial charge in [0.1, 0.15) is 0 Å². The number of carboxylic acid groups (broad SMARTS) is 2. The van der Waals surface area contributed by atoms with Crippen LogP contribution in [0.3, 0.4) is 0 Å². The quantitative estimate of drug-likeness (QED) is 0.575. The Kier molecular flexibility index (Phi) is 7.80. The van der Waals surface area contributed by atoms with Crippen molar-refractivity contribution < 1.29 is 19.8 Å². The largest absolute Gasteiger partial charge is 0.473 e. The molecule has 0 aliphatic rings. The van der Waals surface area contributed by atoms with Crippen molar-refractivity contribution in [1.82, 2.24) is 10.3 Å². The lowest BCUT2D eigenvalue weighted by Crippen LogP contribution is -2.16. The molecular weight excluding hydrogens is 304 g/mol. The van der Waals surface area contributed by atoms with Crippen LogP contribution in [0.2, 0.25) is 0 Å². The molecule has 0 saturated carbocycles. The number of aromatic nitrogens is 1. The molecule has 0 atom stereocenters. The molecule has 0 bridgehead atoms. The number of nitrogens with one attached hydrogen (secondary N) is 1. The lowest BCUT2D eigenvalue weighted by molar-refractivity contribution is -0.159. The monoisotopic (exact) mass is 322 g/mol. The van der Waals surface area contributed by atoms with Crippen LogP contribution in [0.5, 0.6) is 0 Å². The van der Waals surface area contributed by atoms with Crippen molar-refractivity contribution in [3.63, 3.8) is 0 Å². The van der Waals surface area contributed by atoms with Gasteiger partial charge < -0.3 is 15.5 Å². The van der Waals surface area contributed by atoms with Crippen molar-refractivity contribution in [2.45, 2.75) is 19.9 Å². The van der Waals surface area contributed by atoms with Gasteiger partial charge in [-0.2, -0.15) is 0 Å². The van der Waals surface area contributed by atoms with Gasteiger partial charge in [0.15, 0.2) is 0 Å². The van der Waals surface area contributed by atoms with Crippen LogP contribution in [-0.2, 0) is 22.6 Å². The molecule has 1 heterocycles.